The molecule has 20 heavy (non-hydrogen) atoms. The molecule has 0 aliphatic carbocycles. The second-order valence-corrected chi connectivity index (χ2v) is 4.92. The molecule has 104 valence electrons. The number of hydrogen-bond donors (Lipinski definition) is 1. The Hall–Kier alpha value is -1.90. The van der Waals surface area contributed by atoms with Crippen molar-refractivity contribution in [3.8, 4) is 0 Å². The third-order valence-electron chi connectivity index (χ3n) is 3.25. The lowest BCUT2D eigenvalue weighted by molar-refractivity contribution is 0.280. The Morgan fingerprint density at radius 3 is 1.95 bits per heavy atom. The van der Waals surface area contributed by atoms with E-state index in [0.29, 0.717) is 0 Å². The fourth-order valence-electron chi connectivity index (χ4n) is 2.22. The van der Waals surface area contributed by atoms with Crippen molar-refractivity contribution in [3.63, 3.8) is 0 Å². The molecule has 0 aliphatic heterocycles. The van der Waals surface area contributed by atoms with E-state index in [0.717, 1.165) is 25.2 Å². The Morgan fingerprint density at radius 1 is 0.850 bits per heavy atom. The quantitative estimate of drug-likeness (QED) is 0.778. The molecule has 0 amide bonds. The first-order valence-electron chi connectivity index (χ1n) is 6.87. The molecule has 0 heterocycles. The number of nitrogens with zero attached hydrogens (tertiary/aromatic N) is 1. The molecule has 1 N–H and O–H groups in total. The van der Waals surface area contributed by atoms with Gasteiger partial charge in [-0.3, -0.25) is 4.90 Å². The van der Waals surface area contributed by atoms with E-state index in [1.165, 1.54) is 11.1 Å². The summed E-state index contributed by atoms with van der Waals surface area (Å²) in [5.41, 5.74) is 3.51. The molecule has 0 saturated carbocycles. The van der Waals surface area contributed by atoms with E-state index in [-0.39, 0.29) is 6.61 Å². The molecular weight excluding hydrogens is 246 g/mol. The van der Waals surface area contributed by atoms with Crippen LogP contribution in [0.1, 0.15) is 16.7 Å². The Morgan fingerprint density at radius 2 is 1.40 bits per heavy atom. The maximum atomic E-state index is 9.07. The third kappa shape index (κ3) is 4.34. The minimum Gasteiger partial charge on any atom is -0.392 e. The first kappa shape index (κ1) is 14.5. The predicted molar refractivity (Wildman–Crippen MR) is 83.1 cm³/mol. The topological polar surface area (TPSA) is 23.5 Å². The highest BCUT2D eigenvalue weighted by atomic mass is 16.3. The summed E-state index contributed by atoms with van der Waals surface area (Å²) in [5, 5.41) is 9.07. The standard InChI is InChI=1S/C18H21NO/c1-2-12-19(13-16-6-4-3-5-7-16)14-17-8-10-18(15-20)11-9-17/h2-11,20H,1,12-15H2. The third-order valence-corrected chi connectivity index (χ3v) is 3.25. The molecule has 0 bridgehead atoms. The lowest BCUT2D eigenvalue weighted by Gasteiger charge is -2.21. The van der Waals surface area contributed by atoms with Crippen LogP contribution in [0.3, 0.4) is 0 Å². The van der Waals surface area contributed by atoms with Gasteiger partial charge in [0.15, 0.2) is 0 Å². The SMILES string of the molecule is C=CCN(Cc1ccccc1)Cc1ccc(CO)cc1. The van der Waals surface area contributed by atoms with Crippen LogP contribution in [-0.2, 0) is 19.7 Å². The fraction of sp³-hybridized carbons (Fsp3) is 0.222. The van der Waals surface area contributed by atoms with Crippen LogP contribution in [0.5, 0.6) is 0 Å². The molecule has 2 aromatic rings. The van der Waals surface area contributed by atoms with E-state index in [2.05, 4.69) is 47.9 Å². The molecule has 0 radical (unpaired) electrons. The van der Waals surface area contributed by atoms with Crippen LogP contribution in [0.2, 0.25) is 0 Å². The number of hydrogen-bond acceptors (Lipinski definition) is 2. The summed E-state index contributed by atoms with van der Waals surface area (Å²) in [4.78, 5) is 2.34. The van der Waals surface area contributed by atoms with Crippen molar-refractivity contribution in [2.24, 2.45) is 0 Å². The van der Waals surface area contributed by atoms with Crippen LogP contribution in [0.25, 0.3) is 0 Å². The van der Waals surface area contributed by atoms with Crippen LogP contribution >= 0.6 is 0 Å². The van der Waals surface area contributed by atoms with Gasteiger partial charge in [-0.1, -0.05) is 60.7 Å². The smallest absolute Gasteiger partial charge is 0.0681 e. The molecule has 0 atom stereocenters. The largest absolute Gasteiger partial charge is 0.392 e. The normalized spacial score (nSPS) is 10.7. The van der Waals surface area contributed by atoms with E-state index >= 15 is 0 Å². The molecule has 2 nitrogen and oxygen atoms in total. The van der Waals surface area contributed by atoms with Crippen LogP contribution < -0.4 is 0 Å². The summed E-state index contributed by atoms with van der Waals surface area (Å²) in [5.74, 6) is 0. The molecule has 0 aromatic heterocycles. The molecule has 2 rings (SSSR count). The van der Waals surface area contributed by atoms with E-state index in [4.69, 9.17) is 5.11 Å². The van der Waals surface area contributed by atoms with Crippen molar-refractivity contribution in [2.75, 3.05) is 6.54 Å². The maximum Gasteiger partial charge on any atom is 0.0681 e. The van der Waals surface area contributed by atoms with E-state index in [1.807, 2.05) is 24.3 Å². The average Bonchev–Trinajstić information content (AvgIpc) is 2.49. The lowest BCUT2D eigenvalue weighted by atomic mass is 10.1. The Balaban J connectivity index is 2.02. The summed E-state index contributed by atoms with van der Waals surface area (Å²) >= 11 is 0. The number of rotatable bonds is 7. The van der Waals surface area contributed by atoms with Crippen molar-refractivity contribution in [3.05, 3.63) is 83.9 Å². The van der Waals surface area contributed by atoms with E-state index in [1.54, 1.807) is 0 Å². The van der Waals surface area contributed by atoms with Gasteiger partial charge in [-0.25, -0.2) is 0 Å². The lowest BCUT2D eigenvalue weighted by Crippen LogP contribution is -2.22. The van der Waals surface area contributed by atoms with Gasteiger partial charge in [-0.15, -0.1) is 6.58 Å². The first-order valence-corrected chi connectivity index (χ1v) is 6.87. The van der Waals surface area contributed by atoms with Gasteiger partial charge in [0, 0.05) is 19.6 Å². The fourth-order valence-corrected chi connectivity index (χ4v) is 2.22. The van der Waals surface area contributed by atoms with Crippen molar-refractivity contribution in [1.82, 2.24) is 4.90 Å². The zero-order valence-corrected chi connectivity index (χ0v) is 11.7. The van der Waals surface area contributed by atoms with Gasteiger partial charge < -0.3 is 5.11 Å². The highest BCUT2D eigenvalue weighted by molar-refractivity contribution is 5.22. The highest BCUT2D eigenvalue weighted by Crippen LogP contribution is 2.11. The minimum absolute atomic E-state index is 0.0979. The number of aliphatic hydroxyl groups excluding tert-OH is 1. The molecule has 0 unspecified atom stereocenters. The number of benzene rings is 2. The van der Waals surface area contributed by atoms with Gasteiger partial charge in [0.25, 0.3) is 0 Å². The molecular formula is C18H21NO. The Bertz CT molecular complexity index is 519. The van der Waals surface area contributed by atoms with E-state index in [9.17, 15) is 0 Å². The first-order chi connectivity index (χ1) is 9.81. The molecule has 0 saturated heterocycles. The molecule has 2 aromatic carbocycles. The summed E-state index contributed by atoms with van der Waals surface area (Å²) < 4.78 is 0. The summed E-state index contributed by atoms with van der Waals surface area (Å²) in [6, 6.07) is 18.6. The van der Waals surface area contributed by atoms with Crippen molar-refractivity contribution >= 4 is 0 Å². The van der Waals surface area contributed by atoms with Crippen LogP contribution in [0, 0.1) is 0 Å². The van der Waals surface area contributed by atoms with Crippen molar-refractivity contribution in [2.45, 2.75) is 19.7 Å². The Labute approximate surface area is 121 Å². The summed E-state index contributed by atoms with van der Waals surface area (Å²) in [6.45, 7) is 6.58. The maximum absolute atomic E-state index is 9.07. The van der Waals surface area contributed by atoms with Gasteiger partial charge >= 0.3 is 0 Å². The van der Waals surface area contributed by atoms with Crippen molar-refractivity contribution in [1.29, 1.82) is 0 Å². The number of aliphatic hydroxyl groups is 1. The second-order valence-electron chi connectivity index (χ2n) is 4.92. The molecule has 0 aliphatic rings. The minimum atomic E-state index is 0.0979. The van der Waals surface area contributed by atoms with Crippen LogP contribution in [0.15, 0.2) is 67.3 Å². The van der Waals surface area contributed by atoms with Crippen LogP contribution in [0.4, 0.5) is 0 Å². The van der Waals surface area contributed by atoms with Gasteiger partial charge in [0.2, 0.25) is 0 Å². The van der Waals surface area contributed by atoms with Gasteiger partial charge in [0.1, 0.15) is 0 Å². The Kier molecular flexibility index (Phi) is 5.54. The highest BCUT2D eigenvalue weighted by Gasteiger charge is 2.05. The van der Waals surface area contributed by atoms with Gasteiger partial charge in [-0.2, -0.15) is 0 Å². The monoisotopic (exact) mass is 267 g/mol. The zero-order chi connectivity index (χ0) is 14.2. The van der Waals surface area contributed by atoms with Crippen LogP contribution in [-0.4, -0.2) is 16.6 Å². The molecule has 0 fully saturated rings. The van der Waals surface area contributed by atoms with Gasteiger partial charge in [-0.05, 0) is 16.7 Å². The average molecular weight is 267 g/mol. The van der Waals surface area contributed by atoms with Crippen molar-refractivity contribution < 1.29 is 5.11 Å². The summed E-state index contributed by atoms with van der Waals surface area (Å²) in [6.07, 6.45) is 1.94. The second kappa shape index (κ2) is 7.63. The van der Waals surface area contributed by atoms with E-state index < -0.39 is 0 Å². The van der Waals surface area contributed by atoms with Gasteiger partial charge in [0.05, 0.1) is 6.61 Å². The molecule has 0 spiro atoms. The summed E-state index contributed by atoms with van der Waals surface area (Å²) in [7, 11) is 0. The molecule has 2 heteroatoms. The zero-order valence-electron chi connectivity index (χ0n) is 11.7. The predicted octanol–water partition coefficient (Wildman–Crippen LogP) is 3.37.